The Morgan fingerprint density at radius 3 is 2.18 bits per heavy atom. The summed E-state index contributed by atoms with van der Waals surface area (Å²) in [6, 6.07) is 54.0. The first-order valence-electron chi connectivity index (χ1n) is 15.9. The van der Waals surface area contributed by atoms with Gasteiger partial charge in [-0.05, 0) is 66.2 Å². The number of hydrogen-bond acceptors (Lipinski definition) is 3. The average molecular weight is 715 g/mol. The Labute approximate surface area is 295 Å². The van der Waals surface area contributed by atoms with Crippen LogP contribution in [0.15, 0.2) is 161 Å². The summed E-state index contributed by atoms with van der Waals surface area (Å²) in [5, 5.41) is 14.5. The molecule has 0 radical (unpaired) electrons. The van der Waals surface area contributed by atoms with E-state index in [0.29, 0.717) is 10.6 Å². The van der Waals surface area contributed by atoms with Gasteiger partial charge in [0.15, 0.2) is 0 Å². The molecule has 0 saturated carbocycles. The third-order valence-corrected chi connectivity index (χ3v) is 9.75. The number of anilines is 3. The summed E-state index contributed by atoms with van der Waals surface area (Å²) in [6.07, 6.45) is 0. The molecule has 0 N–H and O–H groups in total. The van der Waals surface area contributed by atoms with E-state index in [1.54, 1.807) is 0 Å². The first-order valence-corrected chi connectivity index (χ1v) is 17.0. The molecule has 0 bridgehead atoms. The van der Waals surface area contributed by atoms with E-state index in [1.807, 2.05) is 60.7 Å². The van der Waals surface area contributed by atoms with Crippen molar-refractivity contribution < 1.29 is 4.42 Å². The third-order valence-electron chi connectivity index (χ3n) is 9.08. The molecule has 9 rings (SSSR count). The van der Waals surface area contributed by atoms with Gasteiger partial charge in [0.1, 0.15) is 11.2 Å². The Balaban J connectivity index is 1.42. The summed E-state index contributed by atoms with van der Waals surface area (Å²) in [5.74, 6) is 0. The highest BCUT2D eigenvalue weighted by atomic mass is 79.9. The highest BCUT2D eigenvalue weighted by Gasteiger charge is 2.24. The summed E-state index contributed by atoms with van der Waals surface area (Å²) in [4.78, 5) is 2.25. The molecule has 0 aliphatic heterocycles. The Morgan fingerprint density at radius 2 is 1.35 bits per heavy atom. The first kappa shape index (κ1) is 29.3. The van der Waals surface area contributed by atoms with E-state index in [2.05, 4.69) is 122 Å². The van der Waals surface area contributed by atoms with Gasteiger partial charge >= 0.3 is 0 Å². The zero-order valence-corrected chi connectivity index (χ0v) is 28.3. The maximum atomic E-state index is 9.80. The number of halogens is 2. The summed E-state index contributed by atoms with van der Waals surface area (Å²) < 4.78 is 9.83. The van der Waals surface area contributed by atoms with E-state index < -0.39 is 0 Å². The third kappa shape index (κ3) is 4.88. The molecule has 0 amide bonds. The molecule has 2 aromatic heterocycles. The molecule has 0 aliphatic rings. The normalized spacial score (nSPS) is 11.4. The second kappa shape index (κ2) is 11.7. The minimum atomic E-state index is 0.618. The number of hydrogen-bond donors (Lipinski definition) is 0. The van der Waals surface area contributed by atoms with E-state index in [4.69, 9.17) is 16.0 Å². The van der Waals surface area contributed by atoms with Crippen LogP contribution < -0.4 is 4.90 Å². The fraction of sp³-hybridized carbons (Fsp3) is 0. The summed E-state index contributed by atoms with van der Waals surface area (Å²) in [7, 11) is 0. The van der Waals surface area contributed by atoms with Crippen LogP contribution in [0.3, 0.4) is 0 Å². The number of furan rings is 1. The number of para-hydroxylation sites is 3. The van der Waals surface area contributed by atoms with Crippen LogP contribution >= 0.6 is 27.5 Å². The van der Waals surface area contributed by atoms with E-state index in [-0.39, 0.29) is 0 Å². The van der Waals surface area contributed by atoms with Gasteiger partial charge in [0, 0.05) is 43.0 Å². The van der Waals surface area contributed by atoms with E-state index in [9.17, 15) is 5.26 Å². The van der Waals surface area contributed by atoms with Crippen LogP contribution in [0.1, 0.15) is 5.56 Å². The van der Waals surface area contributed by atoms with Crippen molar-refractivity contribution in [2.45, 2.75) is 0 Å². The SMILES string of the molecule is N#Cc1ccc2c(c1)c1ccccc1n2-c1cc(N(c2cc(Cl)cc(Br)c2)c2ccccc2-c2ccccc2)cc2oc3ccccc3c12. The minimum Gasteiger partial charge on any atom is -0.456 e. The molecule has 0 spiro atoms. The van der Waals surface area contributed by atoms with E-state index in [0.717, 1.165) is 82.1 Å². The molecule has 0 fully saturated rings. The van der Waals surface area contributed by atoms with Crippen LogP contribution in [0, 0.1) is 11.3 Å². The van der Waals surface area contributed by atoms with Gasteiger partial charge < -0.3 is 13.9 Å². The molecule has 0 saturated heterocycles. The second-order valence-electron chi connectivity index (χ2n) is 12.0. The van der Waals surface area contributed by atoms with Gasteiger partial charge in [0.2, 0.25) is 0 Å². The molecular weight excluding hydrogens is 690 g/mol. The molecule has 49 heavy (non-hydrogen) atoms. The van der Waals surface area contributed by atoms with Crippen molar-refractivity contribution in [3.05, 3.63) is 167 Å². The van der Waals surface area contributed by atoms with Crippen molar-refractivity contribution in [3.8, 4) is 22.9 Å². The highest BCUT2D eigenvalue weighted by Crippen LogP contribution is 2.46. The van der Waals surface area contributed by atoms with Crippen molar-refractivity contribution >= 4 is 88.3 Å². The summed E-state index contributed by atoms with van der Waals surface area (Å²) in [6.45, 7) is 0. The number of fused-ring (bicyclic) bond motifs is 6. The second-order valence-corrected chi connectivity index (χ2v) is 13.3. The Hall–Kier alpha value is -5.80. The fourth-order valence-electron chi connectivity index (χ4n) is 7.05. The molecule has 6 heteroatoms. The molecule has 0 atom stereocenters. The quantitative estimate of drug-likeness (QED) is 0.178. The molecular formula is C43H25BrClN3O. The van der Waals surface area contributed by atoms with Crippen molar-refractivity contribution in [2.75, 3.05) is 4.90 Å². The van der Waals surface area contributed by atoms with Crippen LogP contribution in [-0.2, 0) is 0 Å². The Morgan fingerprint density at radius 1 is 0.633 bits per heavy atom. The van der Waals surface area contributed by atoms with Crippen molar-refractivity contribution in [3.63, 3.8) is 0 Å². The fourth-order valence-corrected chi connectivity index (χ4v) is 7.89. The molecule has 232 valence electrons. The molecule has 2 heterocycles. The largest absolute Gasteiger partial charge is 0.456 e. The lowest BCUT2D eigenvalue weighted by molar-refractivity contribution is 0.669. The van der Waals surface area contributed by atoms with Gasteiger partial charge in [0.05, 0.1) is 45.1 Å². The summed E-state index contributed by atoms with van der Waals surface area (Å²) in [5.41, 5.74) is 10.2. The monoisotopic (exact) mass is 713 g/mol. The number of nitrogens with zero attached hydrogens (tertiary/aromatic N) is 3. The zero-order valence-electron chi connectivity index (χ0n) is 25.9. The van der Waals surface area contributed by atoms with Crippen LogP contribution in [0.25, 0.3) is 60.6 Å². The predicted octanol–water partition coefficient (Wildman–Crippen LogP) is 13.1. The maximum Gasteiger partial charge on any atom is 0.139 e. The molecule has 7 aromatic carbocycles. The lowest BCUT2D eigenvalue weighted by atomic mass is 10.0. The van der Waals surface area contributed by atoms with Gasteiger partial charge in [-0.2, -0.15) is 5.26 Å². The predicted molar refractivity (Wildman–Crippen MR) is 206 cm³/mol. The topological polar surface area (TPSA) is 45.1 Å². The minimum absolute atomic E-state index is 0.618. The summed E-state index contributed by atoms with van der Waals surface area (Å²) >= 11 is 10.4. The van der Waals surface area contributed by atoms with E-state index >= 15 is 0 Å². The number of rotatable bonds is 5. The van der Waals surface area contributed by atoms with Crippen molar-refractivity contribution in [1.82, 2.24) is 4.57 Å². The van der Waals surface area contributed by atoms with Crippen LogP contribution in [0.2, 0.25) is 5.02 Å². The average Bonchev–Trinajstić information content (AvgIpc) is 3.67. The van der Waals surface area contributed by atoms with Gasteiger partial charge in [-0.15, -0.1) is 0 Å². The zero-order chi connectivity index (χ0) is 33.1. The van der Waals surface area contributed by atoms with Crippen LogP contribution in [-0.4, -0.2) is 4.57 Å². The highest BCUT2D eigenvalue weighted by molar-refractivity contribution is 9.10. The molecule has 9 aromatic rings. The van der Waals surface area contributed by atoms with Crippen molar-refractivity contribution in [2.24, 2.45) is 0 Å². The molecule has 0 aliphatic carbocycles. The lowest BCUT2D eigenvalue weighted by Crippen LogP contribution is -2.12. The van der Waals surface area contributed by atoms with E-state index in [1.165, 1.54) is 0 Å². The van der Waals surface area contributed by atoms with Gasteiger partial charge in [-0.3, -0.25) is 0 Å². The molecule has 4 nitrogen and oxygen atoms in total. The van der Waals surface area contributed by atoms with Gasteiger partial charge in [-0.25, -0.2) is 0 Å². The Bertz CT molecular complexity index is 2760. The first-order chi connectivity index (χ1) is 24.1. The van der Waals surface area contributed by atoms with Crippen molar-refractivity contribution in [1.29, 1.82) is 5.26 Å². The van der Waals surface area contributed by atoms with Gasteiger partial charge in [-0.1, -0.05) is 112 Å². The standard InChI is InChI=1S/C43H25BrClN3O/c44-29-21-30(45)23-31(22-29)47(37-15-7-4-12-33(37)28-10-2-1-3-11-28)32-24-40(43-35-14-6-9-17-41(35)49-42(43)25-32)48-38-16-8-5-13-34(38)36-20-27(26-46)18-19-39(36)48/h1-25H. The number of benzene rings is 7. The smallest absolute Gasteiger partial charge is 0.139 e. The Kier molecular flexibility index (Phi) is 7.02. The van der Waals surface area contributed by atoms with Gasteiger partial charge in [0.25, 0.3) is 0 Å². The lowest BCUT2D eigenvalue weighted by Gasteiger charge is -2.29. The van der Waals surface area contributed by atoms with Crippen LogP contribution in [0.5, 0.6) is 0 Å². The number of nitriles is 1. The van der Waals surface area contributed by atoms with Crippen LogP contribution in [0.4, 0.5) is 17.1 Å². The number of aromatic nitrogens is 1. The molecule has 0 unspecified atom stereocenters. The maximum absolute atomic E-state index is 9.80.